The van der Waals surface area contributed by atoms with Crippen LogP contribution in [-0.4, -0.2) is 11.2 Å². The molecule has 0 heterocycles. The Kier molecular flexibility index (Phi) is 2.40. The van der Waals surface area contributed by atoms with Crippen LogP contribution in [0.1, 0.15) is 45.4 Å². The number of aliphatic hydroxyl groups is 1. The lowest BCUT2D eigenvalue weighted by molar-refractivity contribution is -0.00215. The van der Waals surface area contributed by atoms with Gasteiger partial charge in [0.15, 0.2) is 0 Å². The summed E-state index contributed by atoms with van der Waals surface area (Å²) in [5.74, 6) is 2.38. The van der Waals surface area contributed by atoms with Gasteiger partial charge in [0.05, 0.1) is 6.10 Å². The Bertz CT molecular complexity index is 155. The molecule has 1 nitrogen and oxygen atoms in total. The Morgan fingerprint density at radius 3 is 2.75 bits per heavy atom. The second-order valence-electron chi connectivity index (χ2n) is 4.84. The summed E-state index contributed by atoms with van der Waals surface area (Å²) >= 11 is 0. The van der Waals surface area contributed by atoms with Crippen molar-refractivity contribution in [1.82, 2.24) is 0 Å². The molecule has 0 amide bonds. The molecular weight excluding hydrogens is 148 g/mol. The first kappa shape index (κ1) is 8.55. The molecule has 4 atom stereocenters. The predicted octanol–water partition coefficient (Wildman–Crippen LogP) is 2.58. The van der Waals surface area contributed by atoms with Crippen molar-refractivity contribution in [2.24, 2.45) is 17.8 Å². The molecule has 0 aliphatic heterocycles. The Labute approximate surface area is 75.2 Å². The standard InChI is InChI=1S/C11H20O/c1-8-5-6-9-3-2-4-11(12)10(9)7-8/h8-12H,2-7H2,1H3/t8?,9-,10?,11-/m1/s1. The van der Waals surface area contributed by atoms with E-state index in [1.807, 2.05) is 0 Å². The highest BCUT2D eigenvalue weighted by Crippen LogP contribution is 2.42. The summed E-state index contributed by atoms with van der Waals surface area (Å²) in [6.07, 6.45) is 7.80. The van der Waals surface area contributed by atoms with Crippen LogP contribution in [0.25, 0.3) is 0 Å². The van der Waals surface area contributed by atoms with Crippen molar-refractivity contribution in [3.63, 3.8) is 0 Å². The van der Waals surface area contributed by atoms with Gasteiger partial charge in [-0.3, -0.25) is 0 Å². The first-order valence-electron chi connectivity index (χ1n) is 5.45. The van der Waals surface area contributed by atoms with Crippen LogP contribution in [-0.2, 0) is 0 Å². The molecular formula is C11H20O. The molecule has 1 N–H and O–H groups in total. The number of fused-ring (bicyclic) bond motifs is 1. The van der Waals surface area contributed by atoms with Gasteiger partial charge in [-0.25, -0.2) is 0 Å². The lowest BCUT2D eigenvalue weighted by Gasteiger charge is -2.41. The number of hydrogen-bond acceptors (Lipinski definition) is 1. The van der Waals surface area contributed by atoms with Gasteiger partial charge < -0.3 is 5.11 Å². The molecule has 0 saturated heterocycles. The van der Waals surface area contributed by atoms with Crippen LogP contribution in [0, 0.1) is 17.8 Å². The minimum absolute atomic E-state index is 0.0338. The molecule has 0 radical (unpaired) electrons. The van der Waals surface area contributed by atoms with Gasteiger partial charge in [-0.1, -0.05) is 19.8 Å². The molecule has 0 spiro atoms. The maximum absolute atomic E-state index is 9.82. The zero-order valence-electron chi connectivity index (χ0n) is 8.00. The fourth-order valence-electron chi connectivity index (χ4n) is 3.12. The van der Waals surface area contributed by atoms with Gasteiger partial charge in [0, 0.05) is 0 Å². The summed E-state index contributed by atoms with van der Waals surface area (Å²) in [6.45, 7) is 2.33. The minimum Gasteiger partial charge on any atom is -0.393 e. The Morgan fingerprint density at radius 2 is 1.92 bits per heavy atom. The molecule has 0 bridgehead atoms. The molecule has 2 unspecified atom stereocenters. The van der Waals surface area contributed by atoms with Crippen LogP contribution in [0.15, 0.2) is 0 Å². The third-order valence-electron chi connectivity index (χ3n) is 3.88. The van der Waals surface area contributed by atoms with E-state index in [0.717, 1.165) is 18.3 Å². The average Bonchev–Trinajstić information content (AvgIpc) is 2.07. The van der Waals surface area contributed by atoms with Crippen molar-refractivity contribution >= 4 is 0 Å². The van der Waals surface area contributed by atoms with Crippen molar-refractivity contribution in [2.75, 3.05) is 0 Å². The largest absolute Gasteiger partial charge is 0.393 e. The number of rotatable bonds is 0. The molecule has 70 valence electrons. The van der Waals surface area contributed by atoms with Gasteiger partial charge in [0.1, 0.15) is 0 Å². The van der Waals surface area contributed by atoms with Crippen molar-refractivity contribution in [1.29, 1.82) is 0 Å². The van der Waals surface area contributed by atoms with Crippen molar-refractivity contribution in [3.8, 4) is 0 Å². The third-order valence-corrected chi connectivity index (χ3v) is 3.88. The van der Waals surface area contributed by atoms with Gasteiger partial charge in [0.2, 0.25) is 0 Å². The Hall–Kier alpha value is -0.0400. The summed E-state index contributed by atoms with van der Waals surface area (Å²) in [5.41, 5.74) is 0. The molecule has 0 aromatic rings. The number of aliphatic hydroxyl groups excluding tert-OH is 1. The molecule has 0 aromatic heterocycles. The Morgan fingerprint density at radius 1 is 1.08 bits per heavy atom. The van der Waals surface area contributed by atoms with E-state index in [4.69, 9.17) is 0 Å². The summed E-state index contributed by atoms with van der Waals surface area (Å²) in [7, 11) is 0. The molecule has 12 heavy (non-hydrogen) atoms. The monoisotopic (exact) mass is 168 g/mol. The smallest absolute Gasteiger partial charge is 0.0571 e. The molecule has 0 aromatic carbocycles. The molecule has 2 aliphatic rings. The van der Waals surface area contributed by atoms with E-state index in [1.54, 1.807) is 0 Å². The van der Waals surface area contributed by atoms with E-state index < -0.39 is 0 Å². The maximum atomic E-state index is 9.82. The zero-order chi connectivity index (χ0) is 8.55. The molecule has 2 rings (SSSR count). The van der Waals surface area contributed by atoms with Crippen molar-refractivity contribution in [3.05, 3.63) is 0 Å². The van der Waals surface area contributed by atoms with Crippen LogP contribution in [0.3, 0.4) is 0 Å². The van der Waals surface area contributed by atoms with E-state index >= 15 is 0 Å². The molecule has 2 fully saturated rings. The van der Waals surface area contributed by atoms with Crippen LogP contribution in [0.4, 0.5) is 0 Å². The highest BCUT2D eigenvalue weighted by atomic mass is 16.3. The van der Waals surface area contributed by atoms with E-state index in [2.05, 4.69) is 6.92 Å². The zero-order valence-corrected chi connectivity index (χ0v) is 8.00. The fraction of sp³-hybridized carbons (Fsp3) is 1.00. The van der Waals surface area contributed by atoms with Crippen molar-refractivity contribution in [2.45, 2.75) is 51.6 Å². The summed E-state index contributed by atoms with van der Waals surface area (Å²) < 4.78 is 0. The van der Waals surface area contributed by atoms with Gasteiger partial charge in [0.25, 0.3) is 0 Å². The van der Waals surface area contributed by atoms with E-state index in [1.165, 1.54) is 32.1 Å². The summed E-state index contributed by atoms with van der Waals surface area (Å²) in [6, 6.07) is 0. The highest BCUT2D eigenvalue weighted by Gasteiger charge is 2.35. The van der Waals surface area contributed by atoms with Crippen LogP contribution < -0.4 is 0 Å². The number of hydrogen-bond donors (Lipinski definition) is 1. The average molecular weight is 168 g/mol. The lowest BCUT2D eigenvalue weighted by atomic mass is 9.67. The topological polar surface area (TPSA) is 20.2 Å². The quantitative estimate of drug-likeness (QED) is 0.589. The normalized spacial score (nSPS) is 48.5. The van der Waals surface area contributed by atoms with Crippen molar-refractivity contribution < 1.29 is 5.11 Å². The molecule has 2 aliphatic carbocycles. The van der Waals surface area contributed by atoms with Gasteiger partial charge in [-0.05, 0) is 43.4 Å². The first-order chi connectivity index (χ1) is 5.77. The maximum Gasteiger partial charge on any atom is 0.0571 e. The summed E-state index contributed by atoms with van der Waals surface area (Å²) in [4.78, 5) is 0. The lowest BCUT2D eigenvalue weighted by Crippen LogP contribution is -2.36. The van der Waals surface area contributed by atoms with E-state index in [-0.39, 0.29) is 6.10 Å². The van der Waals surface area contributed by atoms with Gasteiger partial charge in [-0.2, -0.15) is 0 Å². The Balaban J connectivity index is 2.00. The van der Waals surface area contributed by atoms with E-state index in [9.17, 15) is 5.11 Å². The summed E-state index contributed by atoms with van der Waals surface area (Å²) in [5, 5.41) is 9.82. The van der Waals surface area contributed by atoms with Gasteiger partial charge in [-0.15, -0.1) is 0 Å². The van der Waals surface area contributed by atoms with Crippen LogP contribution >= 0.6 is 0 Å². The highest BCUT2D eigenvalue weighted by molar-refractivity contribution is 4.86. The SMILES string of the molecule is CC1CC[C@H]2CCC[C@@H](O)C2C1. The predicted molar refractivity (Wildman–Crippen MR) is 49.9 cm³/mol. The molecule has 2 saturated carbocycles. The van der Waals surface area contributed by atoms with Crippen LogP contribution in [0.5, 0.6) is 0 Å². The molecule has 1 heteroatoms. The second kappa shape index (κ2) is 3.37. The first-order valence-corrected chi connectivity index (χ1v) is 5.45. The van der Waals surface area contributed by atoms with Gasteiger partial charge >= 0.3 is 0 Å². The van der Waals surface area contributed by atoms with E-state index in [0.29, 0.717) is 5.92 Å². The minimum atomic E-state index is 0.0338. The fourth-order valence-corrected chi connectivity index (χ4v) is 3.12. The third kappa shape index (κ3) is 1.52. The van der Waals surface area contributed by atoms with Crippen LogP contribution in [0.2, 0.25) is 0 Å². The second-order valence-corrected chi connectivity index (χ2v) is 4.84.